The number of aromatic nitrogens is 2. The number of methoxy groups -OCH3 is 1. The molecule has 0 bridgehead atoms. The lowest BCUT2D eigenvalue weighted by Crippen LogP contribution is -2.27. The van der Waals surface area contributed by atoms with Gasteiger partial charge in [0.25, 0.3) is 0 Å². The molecule has 142 valence electrons. The van der Waals surface area contributed by atoms with Gasteiger partial charge in [-0.3, -0.25) is 0 Å². The zero-order valence-corrected chi connectivity index (χ0v) is 17.2. The molecule has 1 aromatic carbocycles. The van der Waals surface area contributed by atoms with Crippen molar-refractivity contribution in [2.45, 2.75) is 32.2 Å². The van der Waals surface area contributed by atoms with E-state index in [0.29, 0.717) is 0 Å². The van der Waals surface area contributed by atoms with Gasteiger partial charge in [0, 0.05) is 11.4 Å². The molecule has 0 radical (unpaired) electrons. The zero-order valence-electron chi connectivity index (χ0n) is 16.4. The lowest BCUT2D eigenvalue weighted by molar-refractivity contribution is 0.311. The van der Waals surface area contributed by atoms with E-state index in [9.17, 15) is 0 Å². The molecule has 0 aliphatic heterocycles. The van der Waals surface area contributed by atoms with E-state index in [1.807, 2.05) is 30.4 Å². The van der Waals surface area contributed by atoms with E-state index in [4.69, 9.17) is 9.72 Å². The summed E-state index contributed by atoms with van der Waals surface area (Å²) >= 11 is 1.84. The van der Waals surface area contributed by atoms with Crippen molar-refractivity contribution in [2.75, 3.05) is 33.1 Å². The summed E-state index contributed by atoms with van der Waals surface area (Å²) in [5.41, 5.74) is 2.72. The second-order valence-corrected chi connectivity index (χ2v) is 8.37. The van der Waals surface area contributed by atoms with Crippen LogP contribution < -0.4 is 10.1 Å². The van der Waals surface area contributed by atoms with Crippen LogP contribution in [0.1, 0.15) is 34.3 Å². The summed E-state index contributed by atoms with van der Waals surface area (Å²) in [7, 11) is 5.92. The van der Waals surface area contributed by atoms with Gasteiger partial charge in [-0.05, 0) is 63.5 Å². The molecule has 1 aliphatic rings. The Morgan fingerprint density at radius 3 is 2.67 bits per heavy atom. The minimum absolute atomic E-state index is 0.243. The van der Waals surface area contributed by atoms with E-state index >= 15 is 0 Å². The van der Waals surface area contributed by atoms with Crippen LogP contribution in [-0.4, -0.2) is 42.6 Å². The monoisotopic (exact) mass is 382 g/mol. The zero-order chi connectivity index (χ0) is 19.0. The molecule has 2 heterocycles. The molecule has 1 aliphatic carbocycles. The van der Waals surface area contributed by atoms with Crippen LogP contribution in [0, 0.1) is 6.92 Å². The maximum absolute atomic E-state index is 5.29. The number of anilines is 1. The number of nitrogens with one attached hydrogen (secondary N) is 1. The number of aryl methyl sites for hydroxylation is 3. The molecule has 6 heteroatoms. The molecule has 4 rings (SSSR count). The maximum atomic E-state index is 5.29. The van der Waals surface area contributed by atoms with Gasteiger partial charge in [-0.15, -0.1) is 11.3 Å². The van der Waals surface area contributed by atoms with Gasteiger partial charge in [0.2, 0.25) is 0 Å². The van der Waals surface area contributed by atoms with Gasteiger partial charge in [-0.1, -0.05) is 12.1 Å². The molecule has 0 spiro atoms. The van der Waals surface area contributed by atoms with Crippen molar-refractivity contribution >= 4 is 27.4 Å². The molecule has 0 unspecified atom stereocenters. The van der Waals surface area contributed by atoms with Crippen LogP contribution in [0.2, 0.25) is 0 Å². The Kier molecular flexibility index (Phi) is 5.02. The van der Waals surface area contributed by atoms with Crippen LogP contribution in [0.25, 0.3) is 10.2 Å². The Morgan fingerprint density at radius 2 is 1.96 bits per heavy atom. The highest BCUT2D eigenvalue weighted by Gasteiger charge is 2.23. The standard InChI is InChI=1S/C21H26N4OS/c1-13-23-20(19-16-6-5-7-18(16)27-21(19)24-13)22-12-17(25(2)3)14-8-10-15(26-4)11-9-14/h8-11,17H,5-7,12H2,1-4H3,(H,22,23,24)/t17-/m1/s1. The second kappa shape index (κ2) is 7.44. The number of benzene rings is 1. The van der Waals surface area contributed by atoms with Crippen LogP contribution in [0.5, 0.6) is 5.75 Å². The molecule has 2 aromatic heterocycles. The third-order valence-electron chi connectivity index (χ3n) is 5.26. The van der Waals surface area contributed by atoms with Crippen molar-refractivity contribution in [2.24, 2.45) is 0 Å². The van der Waals surface area contributed by atoms with E-state index in [2.05, 4.69) is 41.4 Å². The summed E-state index contributed by atoms with van der Waals surface area (Å²) in [5, 5.41) is 4.88. The highest BCUT2D eigenvalue weighted by atomic mass is 32.1. The fourth-order valence-corrected chi connectivity index (χ4v) is 5.16. The quantitative estimate of drug-likeness (QED) is 0.692. The van der Waals surface area contributed by atoms with E-state index in [-0.39, 0.29) is 6.04 Å². The predicted octanol–water partition coefficient (Wildman–Crippen LogP) is 4.21. The highest BCUT2D eigenvalue weighted by Crippen LogP contribution is 2.39. The van der Waals surface area contributed by atoms with Crippen LogP contribution >= 0.6 is 11.3 Å². The first-order chi connectivity index (χ1) is 13.1. The SMILES string of the molecule is COc1ccc([C@@H](CNc2nc(C)nc3sc4c(c23)CCC4)N(C)C)cc1. The minimum Gasteiger partial charge on any atom is -0.497 e. The predicted molar refractivity (Wildman–Crippen MR) is 112 cm³/mol. The van der Waals surface area contributed by atoms with Crippen LogP contribution in [-0.2, 0) is 12.8 Å². The van der Waals surface area contributed by atoms with Crippen LogP contribution in [0.15, 0.2) is 24.3 Å². The fraction of sp³-hybridized carbons (Fsp3) is 0.429. The molecular formula is C21H26N4OS. The molecule has 27 heavy (non-hydrogen) atoms. The Hall–Kier alpha value is -2.18. The largest absolute Gasteiger partial charge is 0.497 e. The molecule has 0 amide bonds. The molecule has 1 atom stereocenters. The first-order valence-electron chi connectivity index (χ1n) is 9.40. The van der Waals surface area contributed by atoms with Crippen molar-refractivity contribution < 1.29 is 4.74 Å². The Morgan fingerprint density at radius 1 is 1.19 bits per heavy atom. The van der Waals surface area contributed by atoms with Gasteiger partial charge < -0.3 is 15.0 Å². The van der Waals surface area contributed by atoms with Crippen LogP contribution in [0.3, 0.4) is 0 Å². The minimum atomic E-state index is 0.243. The van der Waals surface area contributed by atoms with E-state index in [1.54, 1.807) is 7.11 Å². The summed E-state index contributed by atoms with van der Waals surface area (Å²) in [5.74, 6) is 2.69. The molecule has 3 aromatic rings. The van der Waals surface area contributed by atoms with Gasteiger partial charge in [0.05, 0.1) is 18.5 Å². The van der Waals surface area contributed by atoms with E-state index in [0.717, 1.165) is 35.2 Å². The molecule has 0 saturated carbocycles. The van der Waals surface area contributed by atoms with E-state index in [1.165, 1.54) is 34.2 Å². The fourth-order valence-electron chi connectivity index (χ4n) is 3.85. The number of fused-ring (bicyclic) bond motifs is 3. The summed E-state index contributed by atoms with van der Waals surface area (Å²) in [6.07, 6.45) is 3.57. The van der Waals surface area contributed by atoms with Crippen LogP contribution in [0.4, 0.5) is 5.82 Å². The average molecular weight is 383 g/mol. The Labute approximate surface area is 164 Å². The van der Waals surface area contributed by atoms with Crippen molar-refractivity contribution in [3.05, 3.63) is 46.1 Å². The molecule has 1 N–H and O–H groups in total. The van der Waals surface area contributed by atoms with Crippen molar-refractivity contribution in [1.82, 2.24) is 14.9 Å². The Balaban J connectivity index is 1.62. The number of hydrogen-bond donors (Lipinski definition) is 1. The van der Waals surface area contributed by atoms with Crippen molar-refractivity contribution in [1.29, 1.82) is 0 Å². The molecule has 5 nitrogen and oxygen atoms in total. The number of ether oxygens (including phenoxy) is 1. The smallest absolute Gasteiger partial charge is 0.138 e. The second-order valence-electron chi connectivity index (χ2n) is 7.29. The van der Waals surface area contributed by atoms with Crippen molar-refractivity contribution in [3.63, 3.8) is 0 Å². The first-order valence-corrected chi connectivity index (χ1v) is 10.2. The van der Waals surface area contributed by atoms with Crippen molar-refractivity contribution in [3.8, 4) is 5.75 Å². The number of nitrogens with zero attached hydrogens (tertiary/aromatic N) is 3. The maximum Gasteiger partial charge on any atom is 0.138 e. The summed E-state index contributed by atoms with van der Waals surface area (Å²) in [4.78, 5) is 14.3. The average Bonchev–Trinajstić information content (AvgIpc) is 3.22. The number of rotatable bonds is 6. The molecule has 0 saturated heterocycles. The third kappa shape index (κ3) is 3.51. The normalized spacial score (nSPS) is 14.6. The van der Waals surface area contributed by atoms with Gasteiger partial charge in [-0.25, -0.2) is 9.97 Å². The number of likely N-dealkylation sites (N-methyl/N-ethyl adjacent to an activating group) is 1. The first kappa shape index (κ1) is 18.2. The molecule has 0 fully saturated rings. The third-order valence-corrected chi connectivity index (χ3v) is 6.45. The van der Waals surface area contributed by atoms with Gasteiger partial charge in [0.1, 0.15) is 22.2 Å². The lowest BCUT2D eigenvalue weighted by atomic mass is 10.1. The highest BCUT2D eigenvalue weighted by molar-refractivity contribution is 7.19. The topological polar surface area (TPSA) is 50.3 Å². The summed E-state index contributed by atoms with van der Waals surface area (Å²) in [6, 6.07) is 8.55. The summed E-state index contributed by atoms with van der Waals surface area (Å²) in [6.45, 7) is 2.76. The van der Waals surface area contributed by atoms with Gasteiger partial charge in [-0.2, -0.15) is 0 Å². The lowest BCUT2D eigenvalue weighted by Gasteiger charge is -2.25. The van der Waals surface area contributed by atoms with Gasteiger partial charge >= 0.3 is 0 Å². The Bertz CT molecular complexity index is 949. The van der Waals surface area contributed by atoms with Gasteiger partial charge in [0.15, 0.2) is 0 Å². The number of hydrogen-bond acceptors (Lipinski definition) is 6. The number of thiophene rings is 1. The summed E-state index contributed by atoms with van der Waals surface area (Å²) < 4.78 is 5.29. The van der Waals surface area contributed by atoms with E-state index < -0.39 is 0 Å². The molecular weight excluding hydrogens is 356 g/mol.